The van der Waals surface area contributed by atoms with Crippen LogP contribution in [0.5, 0.6) is 0 Å². The van der Waals surface area contributed by atoms with Gasteiger partial charge in [0.1, 0.15) is 6.33 Å². The molecule has 0 N–H and O–H groups in total. The van der Waals surface area contributed by atoms with Crippen molar-refractivity contribution in [3.05, 3.63) is 118 Å². The van der Waals surface area contributed by atoms with Crippen LogP contribution in [0.15, 0.2) is 95.5 Å². The van der Waals surface area contributed by atoms with Gasteiger partial charge in [-0.15, -0.1) is 0 Å². The van der Waals surface area contributed by atoms with E-state index in [1.165, 1.54) is 17.5 Å². The van der Waals surface area contributed by atoms with Crippen LogP contribution in [-0.4, -0.2) is 19.5 Å². The highest BCUT2D eigenvalue weighted by Gasteiger charge is 2.15. The van der Waals surface area contributed by atoms with Crippen LogP contribution in [0.2, 0.25) is 0 Å². The van der Waals surface area contributed by atoms with Gasteiger partial charge < -0.3 is 4.57 Å². The average Bonchev–Trinajstić information content (AvgIpc) is 2.82. The third-order valence-electron chi connectivity index (χ3n) is 5.07. The molecule has 0 saturated heterocycles. The van der Waals surface area contributed by atoms with Gasteiger partial charge in [0.25, 0.3) is 5.56 Å². The maximum absolute atomic E-state index is 12.8. The third kappa shape index (κ3) is 5.67. The molecule has 4 rings (SSSR count). The molecule has 0 aliphatic heterocycles. The lowest BCUT2D eigenvalue weighted by atomic mass is 10.1. The zero-order valence-corrected chi connectivity index (χ0v) is 18.2. The number of aromatic nitrogens is 4. The Balaban J connectivity index is 1.63. The monoisotopic (exact) mass is 428 g/mol. The van der Waals surface area contributed by atoms with Gasteiger partial charge in [-0.05, 0) is 30.0 Å². The van der Waals surface area contributed by atoms with E-state index in [9.17, 15) is 4.79 Å². The zero-order chi connectivity index (χ0) is 21.5. The van der Waals surface area contributed by atoms with Gasteiger partial charge in [-0.3, -0.25) is 4.79 Å². The summed E-state index contributed by atoms with van der Waals surface area (Å²) in [5.41, 5.74) is 3.82. The highest BCUT2D eigenvalue weighted by Crippen LogP contribution is 2.33. The summed E-state index contributed by atoms with van der Waals surface area (Å²) in [5, 5.41) is 0.926. The van der Waals surface area contributed by atoms with E-state index < -0.39 is 0 Å². The number of benzene rings is 2. The Morgan fingerprint density at radius 1 is 0.935 bits per heavy atom. The molecule has 156 valence electrons. The standard InChI is InChI=1S/C25H24N4OS/c1-19(22-10-6-3-7-11-22)31-25-28-24(30)23(14-21-15-26-18-27-16-21)17-29(25)13-12-20-8-4-2-5-9-20/h2-11,15-19H,12-14H2,1H3. The summed E-state index contributed by atoms with van der Waals surface area (Å²) in [6.07, 6.45) is 8.25. The summed E-state index contributed by atoms with van der Waals surface area (Å²) in [5.74, 6) is 0. The summed E-state index contributed by atoms with van der Waals surface area (Å²) < 4.78 is 2.11. The normalized spacial score (nSPS) is 11.9. The third-order valence-corrected chi connectivity index (χ3v) is 6.24. The predicted octanol–water partition coefficient (Wildman–Crippen LogP) is 4.72. The maximum Gasteiger partial charge on any atom is 0.277 e. The molecule has 0 radical (unpaired) electrons. The molecule has 1 unspecified atom stereocenters. The van der Waals surface area contributed by atoms with Crippen LogP contribution in [0.3, 0.4) is 0 Å². The van der Waals surface area contributed by atoms with E-state index in [2.05, 4.69) is 50.7 Å². The molecule has 31 heavy (non-hydrogen) atoms. The average molecular weight is 429 g/mol. The first kappa shape index (κ1) is 21.0. The molecule has 6 heteroatoms. The topological polar surface area (TPSA) is 60.7 Å². The molecule has 2 aromatic carbocycles. The van der Waals surface area contributed by atoms with Gasteiger partial charge >= 0.3 is 0 Å². The molecule has 0 fully saturated rings. The first-order valence-corrected chi connectivity index (χ1v) is 11.2. The lowest BCUT2D eigenvalue weighted by molar-refractivity contribution is 0.594. The molecule has 0 amide bonds. The van der Waals surface area contributed by atoms with Crippen LogP contribution in [0.1, 0.15) is 34.4 Å². The molecule has 2 heterocycles. The molecular weight excluding hydrogens is 404 g/mol. The van der Waals surface area contributed by atoms with Crippen LogP contribution in [0.4, 0.5) is 0 Å². The second-order valence-electron chi connectivity index (χ2n) is 7.38. The first-order chi connectivity index (χ1) is 15.2. The zero-order valence-electron chi connectivity index (χ0n) is 17.4. The largest absolute Gasteiger partial charge is 0.327 e. The minimum atomic E-state index is -0.192. The van der Waals surface area contributed by atoms with Crippen LogP contribution in [0, 0.1) is 0 Å². The molecule has 0 spiro atoms. The summed E-state index contributed by atoms with van der Waals surface area (Å²) in [4.78, 5) is 25.4. The van der Waals surface area contributed by atoms with Gasteiger partial charge in [-0.1, -0.05) is 72.4 Å². The Morgan fingerprint density at radius 2 is 1.61 bits per heavy atom. The number of thioether (sulfide) groups is 1. The molecule has 0 aliphatic rings. The van der Waals surface area contributed by atoms with Crippen molar-refractivity contribution < 1.29 is 0 Å². The quantitative estimate of drug-likeness (QED) is 0.300. The van der Waals surface area contributed by atoms with Crippen molar-refractivity contribution in [1.29, 1.82) is 0 Å². The number of hydrogen-bond donors (Lipinski definition) is 0. The maximum atomic E-state index is 12.8. The minimum absolute atomic E-state index is 0.185. The summed E-state index contributed by atoms with van der Waals surface area (Å²) in [6.45, 7) is 2.89. The first-order valence-electron chi connectivity index (χ1n) is 10.3. The van der Waals surface area contributed by atoms with Crippen molar-refractivity contribution in [2.75, 3.05) is 0 Å². The van der Waals surface area contributed by atoms with Gasteiger partial charge in [-0.2, -0.15) is 4.98 Å². The minimum Gasteiger partial charge on any atom is -0.327 e. The van der Waals surface area contributed by atoms with Crippen molar-refractivity contribution in [2.24, 2.45) is 0 Å². The van der Waals surface area contributed by atoms with Gasteiger partial charge in [0.05, 0.1) is 0 Å². The Labute approximate surface area is 186 Å². The van der Waals surface area contributed by atoms with E-state index in [-0.39, 0.29) is 10.8 Å². The van der Waals surface area contributed by atoms with E-state index in [0.29, 0.717) is 12.0 Å². The van der Waals surface area contributed by atoms with Crippen molar-refractivity contribution in [3.63, 3.8) is 0 Å². The highest BCUT2D eigenvalue weighted by atomic mass is 32.2. The van der Waals surface area contributed by atoms with Crippen molar-refractivity contribution in [3.8, 4) is 0 Å². The number of hydrogen-bond acceptors (Lipinski definition) is 5. The van der Waals surface area contributed by atoms with Crippen molar-refractivity contribution in [2.45, 2.75) is 36.7 Å². The van der Waals surface area contributed by atoms with Crippen LogP contribution in [-0.2, 0) is 19.4 Å². The fourth-order valence-electron chi connectivity index (χ4n) is 3.38. The van der Waals surface area contributed by atoms with Gasteiger partial charge in [0.15, 0.2) is 5.16 Å². The smallest absolute Gasteiger partial charge is 0.277 e. The molecule has 0 saturated carbocycles. The fraction of sp³-hybridized carbons (Fsp3) is 0.200. The number of rotatable bonds is 8. The van der Waals surface area contributed by atoms with Gasteiger partial charge in [0.2, 0.25) is 0 Å². The van der Waals surface area contributed by atoms with Gasteiger partial charge in [-0.25, -0.2) is 9.97 Å². The van der Waals surface area contributed by atoms with Crippen LogP contribution >= 0.6 is 11.8 Å². The highest BCUT2D eigenvalue weighted by molar-refractivity contribution is 7.99. The second-order valence-corrected chi connectivity index (χ2v) is 8.69. The van der Waals surface area contributed by atoms with E-state index in [4.69, 9.17) is 0 Å². The Hall–Kier alpha value is -3.25. The van der Waals surface area contributed by atoms with Crippen molar-refractivity contribution in [1.82, 2.24) is 19.5 Å². The lowest BCUT2D eigenvalue weighted by Crippen LogP contribution is -2.20. The predicted molar refractivity (Wildman–Crippen MR) is 124 cm³/mol. The van der Waals surface area contributed by atoms with Crippen LogP contribution < -0.4 is 5.56 Å². The SMILES string of the molecule is CC(Sc1nc(=O)c(Cc2cncnc2)cn1CCc1ccccc1)c1ccccc1. The van der Waals surface area contributed by atoms with Crippen LogP contribution in [0.25, 0.3) is 0 Å². The van der Waals surface area contributed by atoms with E-state index in [0.717, 1.165) is 23.7 Å². The molecule has 1 atom stereocenters. The number of nitrogens with zero attached hydrogens (tertiary/aromatic N) is 4. The Bertz CT molecular complexity index is 1160. The summed E-state index contributed by atoms with van der Waals surface area (Å²) in [7, 11) is 0. The molecular formula is C25H24N4OS. The number of aryl methyl sites for hydroxylation is 2. The fourth-order valence-corrected chi connectivity index (χ4v) is 4.41. The second kappa shape index (κ2) is 10.2. The van der Waals surface area contributed by atoms with E-state index in [1.54, 1.807) is 24.2 Å². The lowest BCUT2D eigenvalue weighted by Gasteiger charge is -2.17. The molecule has 4 aromatic rings. The van der Waals surface area contributed by atoms with E-state index >= 15 is 0 Å². The Kier molecular flexibility index (Phi) is 6.89. The van der Waals surface area contributed by atoms with E-state index in [1.807, 2.05) is 42.6 Å². The Morgan fingerprint density at radius 3 is 2.32 bits per heavy atom. The molecule has 0 aliphatic carbocycles. The molecule has 0 bridgehead atoms. The molecule has 5 nitrogen and oxygen atoms in total. The van der Waals surface area contributed by atoms with Crippen molar-refractivity contribution >= 4 is 11.8 Å². The molecule has 2 aromatic heterocycles. The van der Waals surface area contributed by atoms with Gasteiger partial charge in [0, 0.05) is 42.4 Å². The summed E-state index contributed by atoms with van der Waals surface area (Å²) >= 11 is 1.61. The summed E-state index contributed by atoms with van der Waals surface area (Å²) in [6, 6.07) is 20.7.